The van der Waals surface area contributed by atoms with Gasteiger partial charge in [-0.2, -0.15) is 0 Å². The molecule has 5 nitrogen and oxygen atoms in total. The Labute approximate surface area is 155 Å². The van der Waals surface area contributed by atoms with Gasteiger partial charge in [0.1, 0.15) is 13.2 Å². The molecular weight excluding hydrogens is 386 g/mol. The van der Waals surface area contributed by atoms with Crippen LogP contribution >= 0.6 is 15.9 Å². The Bertz CT molecular complexity index is 780. The van der Waals surface area contributed by atoms with Crippen molar-refractivity contribution in [2.75, 3.05) is 26.6 Å². The van der Waals surface area contributed by atoms with Crippen molar-refractivity contribution in [2.45, 2.75) is 20.0 Å². The van der Waals surface area contributed by atoms with Crippen LogP contribution in [0.2, 0.25) is 0 Å². The van der Waals surface area contributed by atoms with Gasteiger partial charge in [0.2, 0.25) is 6.79 Å². The molecule has 2 aromatic carbocycles. The number of rotatable bonds is 5. The minimum Gasteiger partial charge on any atom is -0.486 e. The molecule has 2 aromatic rings. The van der Waals surface area contributed by atoms with Crippen molar-refractivity contribution in [1.82, 2.24) is 4.90 Å². The lowest BCUT2D eigenvalue weighted by atomic mass is 10.1. The average molecular weight is 406 g/mol. The van der Waals surface area contributed by atoms with Crippen LogP contribution in [0.1, 0.15) is 18.1 Å². The quantitative estimate of drug-likeness (QED) is 0.752. The van der Waals surface area contributed by atoms with E-state index >= 15 is 0 Å². The summed E-state index contributed by atoms with van der Waals surface area (Å²) in [6.45, 7) is 6.28. The first-order valence-electron chi connectivity index (χ1n) is 8.42. The molecule has 0 aromatic heterocycles. The molecule has 2 aliphatic heterocycles. The topological polar surface area (TPSA) is 40.2 Å². The van der Waals surface area contributed by atoms with Crippen molar-refractivity contribution in [2.24, 2.45) is 0 Å². The molecule has 0 unspecified atom stereocenters. The van der Waals surface area contributed by atoms with Gasteiger partial charge in [0.15, 0.2) is 23.0 Å². The van der Waals surface area contributed by atoms with E-state index in [2.05, 4.69) is 46.0 Å². The van der Waals surface area contributed by atoms with Crippen LogP contribution in [-0.4, -0.2) is 31.5 Å². The fourth-order valence-electron chi connectivity index (χ4n) is 3.05. The number of fused-ring (bicyclic) bond motifs is 2. The van der Waals surface area contributed by atoms with Gasteiger partial charge in [0.05, 0.1) is 0 Å². The predicted molar refractivity (Wildman–Crippen MR) is 97.5 cm³/mol. The number of ether oxygens (including phenoxy) is 4. The Balaban J connectivity index is 1.50. The van der Waals surface area contributed by atoms with Crippen LogP contribution in [0.25, 0.3) is 0 Å². The first-order valence-corrected chi connectivity index (χ1v) is 9.21. The van der Waals surface area contributed by atoms with Gasteiger partial charge in [-0.3, -0.25) is 4.90 Å². The van der Waals surface area contributed by atoms with Crippen molar-refractivity contribution in [3.8, 4) is 23.0 Å². The summed E-state index contributed by atoms with van der Waals surface area (Å²) in [4.78, 5) is 2.37. The Morgan fingerprint density at radius 1 is 0.880 bits per heavy atom. The summed E-state index contributed by atoms with van der Waals surface area (Å²) in [5.41, 5.74) is 2.40. The van der Waals surface area contributed by atoms with Crippen LogP contribution in [0.5, 0.6) is 23.0 Å². The lowest BCUT2D eigenvalue weighted by molar-refractivity contribution is 0.170. The summed E-state index contributed by atoms with van der Waals surface area (Å²) >= 11 is 3.66. The molecule has 0 atom stereocenters. The van der Waals surface area contributed by atoms with Gasteiger partial charge < -0.3 is 18.9 Å². The van der Waals surface area contributed by atoms with Gasteiger partial charge in [0, 0.05) is 17.6 Å². The van der Waals surface area contributed by atoms with Crippen LogP contribution in [0.15, 0.2) is 34.8 Å². The molecule has 6 heteroatoms. The second-order valence-electron chi connectivity index (χ2n) is 6.08. The summed E-state index contributed by atoms with van der Waals surface area (Å²) in [7, 11) is 0. The first-order chi connectivity index (χ1) is 12.2. The SMILES string of the molecule is CCN(Cc1ccc2c(c1)OCO2)Cc1cc2c(cc1Br)OCCO2. The van der Waals surface area contributed by atoms with E-state index in [9.17, 15) is 0 Å². The second-order valence-corrected chi connectivity index (χ2v) is 6.93. The minimum absolute atomic E-state index is 0.306. The Kier molecular flexibility index (Phi) is 4.72. The smallest absolute Gasteiger partial charge is 0.231 e. The molecule has 132 valence electrons. The molecule has 0 fully saturated rings. The standard InChI is InChI=1S/C19H20BrNO4/c1-2-21(10-13-3-4-16-17(7-13)25-12-24-16)11-14-8-18-19(9-15(14)20)23-6-5-22-18/h3-4,7-9H,2,5-6,10-12H2,1H3. The molecule has 0 saturated carbocycles. The van der Waals surface area contributed by atoms with Crippen molar-refractivity contribution >= 4 is 15.9 Å². The third-order valence-electron chi connectivity index (χ3n) is 4.40. The third kappa shape index (κ3) is 3.55. The van der Waals surface area contributed by atoms with Crippen LogP contribution in [0.3, 0.4) is 0 Å². The Morgan fingerprint density at radius 2 is 1.60 bits per heavy atom. The van der Waals surface area contributed by atoms with E-state index in [4.69, 9.17) is 18.9 Å². The zero-order chi connectivity index (χ0) is 17.2. The summed E-state index contributed by atoms with van der Waals surface area (Å²) in [6.07, 6.45) is 0. The molecule has 0 bridgehead atoms. The number of hydrogen-bond acceptors (Lipinski definition) is 5. The maximum atomic E-state index is 5.71. The van der Waals surface area contributed by atoms with Crippen molar-refractivity contribution in [3.63, 3.8) is 0 Å². The molecule has 0 N–H and O–H groups in total. The van der Waals surface area contributed by atoms with Crippen LogP contribution in [-0.2, 0) is 13.1 Å². The Hall–Kier alpha value is -1.92. The van der Waals surface area contributed by atoms with Crippen molar-refractivity contribution in [1.29, 1.82) is 0 Å². The summed E-state index contributed by atoms with van der Waals surface area (Å²) in [5.74, 6) is 3.28. The Morgan fingerprint density at radius 3 is 2.40 bits per heavy atom. The van der Waals surface area contributed by atoms with Crippen LogP contribution in [0.4, 0.5) is 0 Å². The fourth-order valence-corrected chi connectivity index (χ4v) is 3.49. The number of nitrogens with zero attached hydrogens (tertiary/aromatic N) is 1. The van der Waals surface area contributed by atoms with Gasteiger partial charge >= 0.3 is 0 Å². The van der Waals surface area contributed by atoms with Crippen molar-refractivity contribution in [3.05, 3.63) is 45.9 Å². The number of benzene rings is 2. The molecule has 0 aliphatic carbocycles. The lowest BCUT2D eigenvalue weighted by Gasteiger charge is -2.24. The molecule has 0 saturated heterocycles. The highest BCUT2D eigenvalue weighted by Crippen LogP contribution is 2.36. The van der Waals surface area contributed by atoms with E-state index in [0.717, 1.165) is 47.1 Å². The molecule has 2 heterocycles. The van der Waals surface area contributed by atoms with Gasteiger partial charge in [-0.05, 0) is 41.9 Å². The molecule has 0 spiro atoms. The zero-order valence-corrected chi connectivity index (χ0v) is 15.7. The van der Waals surface area contributed by atoms with Gasteiger partial charge in [-0.1, -0.05) is 28.9 Å². The van der Waals surface area contributed by atoms with E-state index < -0.39 is 0 Å². The summed E-state index contributed by atoms with van der Waals surface area (Å²) in [5, 5.41) is 0. The van der Waals surface area contributed by atoms with Gasteiger partial charge in [0.25, 0.3) is 0 Å². The highest BCUT2D eigenvalue weighted by Gasteiger charge is 2.18. The van der Waals surface area contributed by atoms with E-state index in [0.29, 0.717) is 20.0 Å². The normalized spacial score (nSPS) is 14.8. The average Bonchev–Trinajstić information content (AvgIpc) is 3.09. The van der Waals surface area contributed by atoms with Crippen LogP contribution < -0.4 is 18.9 Å². The second kappa shape index (κ2) is 7.14. The predicted octanol–water partition coefficient (Wildman–Crippen LogP) is 3.97. The van der Waals surface area contributed by atoms with E-state index in [1.807, 2.05) is 12.1 Å². The number of hydrogen-bond donors (Lipinski definition) is 0. The molecule has 0 radical (unpaired) electrons. The monoisotopic (exact) mass is 405 g/mol. The highest BCUT2D eigenvalue weighted by molar-refractivity contribution is 9.10. The van der Waals surface area contributed by atoms with Gasteiger partial charge in [-0.25, -0.2) is 0 Å². The van der Waals surface area contributed by atoms with E-state index in [-0.39, 0.29) is 0 Å². The van der Waals surface area contributed by atoms with E-state index in [1.54, 1.807) is 0 Å². The fraction of sp³-hybridized carbons (Fsp3) is 0.368. The van der Waals surface area contributed by atoms with Crippen molar-refractivity contribution < 1.29 is 18.9 Å². The molecule has 25 heavy (non-hydrogen) atoms. The third-order valence-corrected chi connectivity index (χ3v) is 5.13. The highest BCUT2D eigenvalue weighted by atomic mass is 79.9. The zero-order valence-electron chi connectivity index (χ0n) is 14.1. The molecular formula is C19H20BrNO4. The molecule has 4 rings (SSSR count). The van der Waals surface area contributed by atoms with Crippen LogP contribution in [0, 0.1) is 0 Å². The van der Waals surface area contributed by atoms with E-state index in [1.165, 1.54) is 11.1 Å². The summed E-state index contributed by atoms with van der Waals surface area (Å²) in [6, 6.07) is 10.2. The molecule has 2 aliphatic rings. The lowest BCUT2D eigenvalue weighted by Crippen LogP contribution is -2.23. The molecule has 0 amide bonds. The van der Waals surface area contributed by atoms with Gasteiger partial charge in [-0.15, -0.1) is 0 Å². The minimum atomic E-state index is 0.306. The first kappa shape index (κ1) is 16.5. The maximum Gasteiger partial charge on any atom is 0.231 e. The summed E-state index contributed by atoms with van der Waals surface area (Å²) < 4.78 is 23.2. The largest absolute Gasteiger partial charge is 0.486 e. The maximum absolute atomic E-state index is 5.71. The number of halogens is 1.